The van der Waals surface area contributed by atoms with Crippen molar-refractivity contribution in [3.05, 3.63) is 18.2 Å². The largest absolute Gasteiger partial charge is 0.463 e. The second-order valence-electron chi connectivity index (χ2n) is 6.47. The fourth-order valence-electron chi connectivity index (χ4n) is 3.09. The van der Waals surface area contributed by atoms with Crippen LogP contribution in [-0.2, 0) is 42.9 Å². The minimum atomic E-state index is -1.21. The molecule has 1 aromatic rings. The maximum Gasteiger partial charge on any atom is 0.303 e. The summed E-state index contributed by atoms with van der Waals surface area (Å²) >= 11 is 0. The van der Waals surface area contributed by atoms with Gasteiger partial charge in [-0.05, 0) is 6.92 Å². The molecule has 0 aromatic carbocycles. The molecule has 0 saturated carbocycles. The van der Waals surface area contributed by atoms with E-state index in [1.54, 1.807) is 17.7 Å². The number of carbonyl (C=O) groups excluding carboxylic acids is 4. The van der Waals surface area contributed by atoms with E-state index in [0.717, 1.165) is 0 Å². The summed E-state index contributed by atoms with van der Waals surface area (Å²) in [6.07, 6.45) is -2.40. The van der Waals surface area contributed by atoms with Crippen molar-refractivity contribution in [3.63, 3.8) is 0 Å². The lowest BCUT2D eigenvalue weighted by Crippen LogP contribution is -2.60. The molecular formula is C18H24N2O9. The molecule has 11 heteroatoms. The van der Waals surface area contributed by atoms with E-state index >= 15 is 0 Å². The molecule has 0 N–H and O–H groups in total. The number of esters is 4. The predicted octanol–water partition coefficient (Wildman–Crippen LogP) is 0.447. The lowest BCUT2D eigenvalue weighted by Gasteiger charge is -2.44. The van der Waals surface area contributed by atoms with Gasteiger partial charge in [-0.25, -0.2) is 4.98 Å². The van der Waals surface area contributed by atoms with Crippen molar-refractivity contribution in [3.8, 4) is 0 Å². The molecule has 0 bridgehead atoms. The maximum absolute atomic E-state index is 11.8. The normalized spacial score (nSPS) is 26.3. The average Bonchev–Trinajstić information content (AvgIpc) is 3.01. The van der Waals surface area contributed by atoms with Gasteiger partial charge >= 0.3 is 23.9 Å². The molecule has 1 aromatic heterocycles. The van der Waals surface area contributed by atoms with E-state index < -0.39 is 54.5 Å². The molecule has 0 amide bonds. The molecule has 1 unspecified atom stereocenters. The zero-order chi connectivity index (χ0) is 21.7. The smallest absolute Gasteiger partial charge is 0.303 e. The molecule has 1 aliphatic heterocycles. The number of imidazole rings is 1. The summed E-state index contributed by atoms with van der Waals surface area (Å²) in [5.41, 5.74) is 0. The third-order valence-electron chi connectivity index (χ3n) is 4.10. The second-order valence-corrected chi connectivity index (χ2v) is 6.47. The van der Waals surface area contributed by atoms with Crippen LogP contribution in [0.15, 0.2) is 12.4 Å². The highest BCUT2D eigenvalue weighted by Gasteiger charge is 2.53. The van der Waals surface area contributed by atoms with Crippen LogP contribution in [0.1, 0.15) is 39.7 Å². The fraction of sp³-hybridized carbons (Fsp3) is 0.611. The zero-order valence-electron chi connectivity index (χ0n) is 16.8. The maximum atomic E-state index is 11.8. The summed E-state index contributed by atoms with van der Waals surface area (Å²) in [4.78, 5) is 50.6. The van der Waals surface area contributed by atoms with Gasteiger partial charge in [0.05, 0.1) is 0 Å². The molecule has 2 rings (SSSR count). The van der Waals surface area contributed by atoms with E-state index in [2.05, 4.69) is 4.98 Å². The molecule has 160 valence electrons. The third kappa shape index (κ3) is 5.76. The highest BCUT2D eigenvalue weighted by Crippen LogP contribution is 2.35. The summed E-state index contributed by atoms with van der Waals surface area (Å²) in [5, 5.41) is 0. The van der Waals surface area contributed by atoms with E-state index in [1.165, 1.54) is 33.9 Å². The molecule has 1 fully saturated rings. The van der Waals surface area contributed by atoms with Crippen LogP contribution in [0.25, 0.3) is 0 Å². The van der Waals surface area contributed by atoms with Gasteiger partial charge in [-0.2, -0.15) is 0 Å². The molecule has 1 aliphatic rings. The monoisotopic (exact) mass is 412 g/mol. The van der Waals surface area contributed by atoms with Crippen molar-refractivity contribution < 1.29 is 42.9 Å². The van der Waals surface area contributed by atoms with E-state index in [9.17, 15) is 19.2 Å². The van der Waals surface area contributed by atoms with Crippen molar-refractivity contribution in [1.29, 1.82) is 0 Å². The van der Waals surface area contributed by atoms with Gasteiger partial charge in [0.25, 0.3) is 0 Å². The van der Waals surface area contributed by atoms with Gasteiger partial charge in [0.1, 0.15) is 18.5 Å². The predicted molar refractivity (Wildman–Crippen MR) is 94.2 cm³/mol. The highest BCUT2D eigenvalue weighted by atomic mass is 16.7. The molecule has 1 saturated heterocycles. The van der Waals surface area contributed by atoms with Gasteiger partial charge < -0.3 is 28.3 Å². The van der Waals surface area contributed by atoms with E-state index in [1.807, 2.05) is 0 Å². The number of aromatic nitrogens is 2. The van der Waals surface area contributed by atoms with Crippen molar-refractivity contribution in [2.75, 3.05) is 6.61 Å². The van der Waals surface area contributed by atoms with Crippen LogP contribution in [0.2, 0.25) is 0 Å². The van der Waals surface area contributed by atoms with Crippen LogP contribution in [0.4, 0.5) is 0 Å². The Balaban J connectivity index is 2.51. The first kappa shape index (κ1) is 22.3. The summed E-state index contributed by atoms with van der Waals surface area (Å²) in [5.74, 6) is -2.05. The minimum Gasteiger partial charge on any atom is -0.463 e. The summed E-state index contributed by atoms with van der Waals surface area (Å²) in [7, 11) is 0. The molecule has 2 heterocycles. The van der Waals surface area contributed by atoms with Gasteiger partial charge in [0, 0.05) is 40.1 Å². The van der Waals surface area contributed by atoms with Crippen molar-refractivity contribution in [2.45, 2.75) is 65.3 Å². The first-order valence-corrected chi connectivity index (χ1v) is 8.90. The van der Waals surface area contributed by atoms with Crippen molar-refractivity contribution in [2.24, 2.45) is 0 Å². The number of ether oxygens (including phenoxy) is 5. The lowest BCUT2D eigenvalue weighted by atomic mass is 9.97. The van der Waals surface area contributed by atoms with Gasteiger partial charge in [-0.15, -0.1) is 0 Å². The van der Waals surface area contributed by atoms with Crippen LogP contribution >= 0.6 is 0 Å². The van der Waals surface area contributed by atoms with E-state index in [4.69, 9.17) is 23.7 Å². The van der Waals surface area contributed by atoms with Crippen LogP contribution < -0.4 is 0 Å². The average molecular weight is 412 g/mol. The van der Waals surface area contributed by atoms with Crippen LogP contribution in [0.5, 0.6) is 0 Å². The van der Waals surface area contributed by atoms with Crippen LogP contribution in [0.3, 0.4) is 0 Å². The molecule has 5 atom stereocenters. The summed E-state index contributed by atoms with van der Waals surface area (Å²) in [6.45, 7) is 6.17. The van der Waals surface area contributed by atoms with Crippen LogP contribution in [-0.4, -0.2) is 64.5 Å². The second kappa shape index (κ2) is 9.50. The first-order valence-electron chi connectivity index (χ1n) is 8.90. The number of nitrogens with zero attached hydrogens (tertiary/aromatic N) is 2. The van der Waals surface area contributed by atoms with Gasteiger partial charge in [-0.3, -0.25) is 19.2 Å². The van der Waals surface area contributed by atoms with Crippen molar-refractivity contribution >= 4 is 23.9 Å². The van der Waals surface area contributed by atoms with E-state index in [0.29, 0.717) is 5.82 Å². The fourth-order valence-corrected chi connectivity index (χ4v) is 3.09. The summed E-state index contributed by atoms with van der Waals surface area (Å²) < 4.78 is 28.7. The first-order chi connectivity index (χ1) is 13.6. The van der Waals surface area contributed by atoms with Crippen LogP contribution in [0, 0.1) is 6.92 Å². The van der Waals surface area contributed by atoms with E-state index in [-0.39, 0.29) is 6.61 Å². The highest BCUT2D eigenvalue weighted by molar-refractivity contribution is 5.68. The standard InChI is InChI=1S/C18H24N2O9/c1-9-19-6-7-20(9)18-17(28-13(5)24)16(27-12(4)23)15(26-11(3)22)14(29-18)8-25-10(2)21/h6-7,14-18H,8H2,1-5H3/t14-,15-,16+,17-,18?/m1/s1. The van der Waals surface area contributed by atoms with Crippen molar-refractivity contribution in [1.82, 2.24) is 9.55 Å². The number of hydrogen-bond donors (Lipinski definition) is 0. The zero-order valence-corrected chi connectivity index (χ0v) is 16.8. The molecule has 0 spiro atoms. The topological polar surface area (TPSA) is 132 Å². The Labute approximate surface area is 167 Å². The lowest BCUT2D eigenvalue weighted by molar-refractivity contribution is -0.268. The number of carbonyl (C=O) groups is 4. The third-order valence-corrected chi connectivity index (χ3v) is 4.10. The number of aryl methyl sites for hydroxylation is 1. The Hall–Kier alpha value is -2.95. The Morgan fingerprint density at radius 2 is 1.48 bits per heavy atom. The molecule has 11 nitrogen and oxygen atoms in total. The van der Waals surface area contributed by atoms with Gasteiger partial charge in [0.15, 0.2) is 24.5 Å². The quantitative estimate of drug-likeness (QED) is 0.479. The Morgan fingerprint density at radius 3 is 1.97 bits per heavy atom. The summed E-state index contributed by atoms with van der Waals surface area (Å²) in [6, 6.07) is 0. The molecule has 0 radical (unpaired) electrons. The van der Waals surface area contributed by atoms with Gasteiger partial charge in [-0.1, -0.05) is 0 Å². The van der Waals surface area contributed by atoms with Gasteiger partial charge in [0.2, 0.25) is 0 Å². The Bertz CT molecular complexity index is 775. The minimum absolute atomic E-state index is 0.276. The Morgan fingerprint density at radius 1 is 0.931 bits per heavy atom. The molecule has 0 aliphatic carbocycles. The Kier molecular flexibility index (Phi) is 7.32. The molecule has 29 heavy (non-hydrogen) atoms. The number of rotatable bonds is 6. The number of hydrogen-bond acceptors (Lipinski definition) is 10. The molecular weight excluding hydrogens is 388 g/mol. The SMILES string of the molecule is CC(=O)OC[C@H]1OC(n2ccnc2C)[C@H](OC(C)=O)[C@@H](OC(C)=O)[C@@H]1OC(C)=O.